The molecule has 4 heterocycles. The molecule has 3 aromatic rings. The Kier molecular flexibility index (Phi) is 3.90. The van der Waals surface area contributed by atoms with Crippen molar-refractivity contribution < 1.29 is 4.79 Å². The first-order valence-electron chi connectivity index (χ1n) is 8.61. The Balaban J connectivity index is 1.68. The van der Waals surface area contributed by atoms with Gasteiger partial charge in [0.2, 0.25) is 0 Å². The molecule has 140 valence electrons. The third kappa shape index (κ3) is 2.64. The van der Waals surface area contributed by atoms with Gasteiger partial charge in [-0.3, -0.25) is 18.7 Å². The molecular weight excluding hydrogens is 350 g/mol. The highest BCUT2D eigenvalue weighted by Gasteiger charge is 2.22. The number of amides is 1. The SMILES string of the molecule is CN(Cc1nnc2n1CCC2)C(=O)c1ccc2c(=O)n(C)c(=O)n(C)c2n1. The lowest BCUT2D eigenvalue weighted by Crippen LogP contribution is -2.37. The van der Waals surface area contributed by atoms with Gasteiger partial charge in [0.1, 0.15) is 17.2 Å². The van der Waals surface area contributed by atoms with Crippen LogP contribution in [0.1, 0.15) is 28.6 Å². The summed E-state index contributed by atoms with van der Waals surface area (Å²) in [6.45, 7) is 1.17. The van der Waals surface area contributed by atoms with Gasteiger partial charge in [0.25, 0.3) is 11.5 Å². The van der Waals surface area contributed by atoms with E-state index >= 15 is 0 Å². The fourth-order valence-corrected chi connectivity index (χ4v) is 3.38. The van der Waals surface area contributed by atoms with Crippen molar-refractivity contribution in [2.75, 3.05) is 7.05 Å². The number of carbonyl (C=O) groups excluding carboxylic acids is 1. The number of aromatic nitrogens is 6. The van der Waals surface area contributed by atoms with E-state index < -0.39 is 11.2 Å². The molecule has 0 saturated carbocycles. The van der Waals surface area contributed by atoms with Crippen LogP contribution in [-0.4, -0.2) is 46.7 Å². The lowest BCUT2D eigenvalue weighted by Gasteiger charge is -2.17. The molecule has 1 aliphatic rings. The third-order valence-corrected chi connectivity index (χ3v) is 4.93. The average molecular weight is 369 g/mol. The fraction of sp³-hybridized carbons (Fsp3) is 0.412. The van der Waals surface area contributed by atoms with Crippen LogP contribution in [0, 0.1) is 0 Å². The molecule has 0 radical (unpaired) electrons. The second kappa shape index (κ2) is 6.15. The lowest BCUT2D eigenvalue weighted by molar-refractivity contribution is 0.0774. The van der Waals surface area contributed by atoms with E-state index in [1.807, 2.05) is 4.57 Å². The molecule has 0 bridgehead atoms. The monoisotopic (exact) mass is 369 g/mol. The molecule has 10 heteroatoms. The summed E-state index contributed by atoms with van der Waals surface area (Å²) in [6, 6.07) is 3.03. The van der Waals surface area contributed by atoms with Crippen LogP contribution in [0.25, 0.3) is 11.0 Å². The fourth-order valence-electron chi connectivity index (χ4n) is 3.38. The molecule has 0 atom stereocenters. The van der Waals surface area contributed by atoms with Crippen molar-refractivity contribution in [3.05, 3.63) is 50.3 Å². The molecule has 0 fully saturated rings. The first kappa shape index (κ1) is 17.1. The Morgan fingerprint density at radius 1 is 1.19 bits per heavy atom. The van der Waals surface area contributed by atoms with Crippen LogP contribution in [0.3, 0.4) is 0 Å². The number of carbonyl (C=O) groups is 1. The second-order valence-electron chi connectivity index (χ2n) is 6.72. The minimum atomic E-state index is -0.489. The number of nitrogens with zero attached hydrogens (tertiary/aromatic N) is 7. The molecule has 3 aromatic heterocycles. The molecule has 1 amide bonds. The van der Waals surface area contributed by atoms with E-state index in [0.717, 1.165) is 35.6 Å². The van der Waals surface area contributed by atoms with Gasteiger partial charge in [-0.25, -0.2) is 9.78 Å². The minimum absolute atomic E-state index is 0.161. The minimum Gasteiger partial charge on any atom is -0.333 e. The van der Waals surface area contributed by atoms with Crippen molar-refractivity contribution in [2.45, 2.75) is 25.9 Å². The predicted octanol–water partition coefficient (Wildman–Crippen LogP) is -0.558. The standard InChI is InChI=1S/C17H19N7O3/c1-21(9-13-20-19-12-5-4-8-24(12)13)16(26)11-7-6-10-14(18-11)22(2)17(27)23(3)15(10)25/h6-7H,4-5,8-9H2,1-3H3. The molecule has 10 nitrogen and oxygen atoms in total. The Hall–Kier alpha value is -3.30. The predicted molar refractivity (Wildman–Crippen MR) is 96.4 cm³/mol. The van der Waals surface area contributed by atoms with E-state index in [1.54, 1.807) is 7.05 Å². The summed E-state index contributed by atoms with van der Waals surface area (Å²) in [5.41, 5.74) is -0.580. The molecule has 0 N–H and O–H groups in total. The van der Waals surface area contributed by atoms with Crippen LogP contribution in [0.2, 0.25) is 0 Å². The van der Waals surface area contributed by atoms with E-state index in [2.05, 4.69) is 15.2 Å². The van der Waals surface area contributed by atoms with Gasteiger partial charge in [0.05, 0.1) is 11.9 Å². The molecule has 4 rings (SSSR count). The largest absolute Gasteiger partial charge is 0.333 e. The van der Waals surface area contributed by atoms with Crippen molar-refractivity contribution in [1.29, 1.82) is 0 Å². The average Bonchev–Trinajstić information content (AvgIpc) is 3.28. The molecule has 0 aromatic carbocycles. The maximum Gasteiger partial charge on any atom is 0.332 e. The van der Waals surface area contributed by atoms with Crippen LogP contribution in [-0.2, 0) is 33.6 Å². The van der Waals surface area contributed by atoms with Gasteiger partial charge >= 0.3 is 5.69 Å². The van der Waals surface area contributed by atoms with E-state index in [9.17, 15) is 14.4 Å². The van der Waals surface area contributed by atoms with E-state index in [-0.39, 0.29) is 22.6 Å². The molecule has 0 spiro atoms. The molecule has 0 aliphatic carbocycles. The molecule has 27 heavy (non-hydrogen) atoms. The summed E-state index contributed by atoms with van der Waals surface area (Å²) >= 11 is 0. The summed E-state index contributed by atoms with van der Waals surface area (Å²) < 4.78 is 4.31. The van der Waals surface area contributed by atoms with Crippen LogP contribution < -0.4 is 11.2 Å². The van der Waals surface area contributed by atoms with Crippen molar-refractivity contribution in [3.8, 4) is 0 Å². The molecule has 1 aliphatic heterocycles. The van der Waals surface area contributed by atoms with Crippen LogP contribution in [0.4, 0.5) is 0 Å². The Morgan fingerprint density at radius 3 is 2.74 bits per heavy atom. The summed E-state index contributed by atoms with van der Waals surface area (Å²) in [7, 11) is 4.59. The van der Waals surface area contributed by atoms with Gasteiger partial charge in [0, 0.05) is 34.1 Å². The zero-order valence-electron chi connectivity index (χ0n) is 15.3. The number of aryl methyl sites for hydroxylation is 2. The topological polar surface area (TPSA) is 108 Å². The molecule has 0 saturated heterocycles. The molecule has 0 unspecified atom stereocenters. The Morgan fingerprint density at radius 2 is 1.96 bits per heavy atom. The molecular formula is C17H19N7O3. The van der Waals surface area contributed by atoms with Crippen molar-refractivity contribution in [2.24, 2.45) is 14.1 Å². The highest BCUT2D eigenvalue weighted by molar-refractivity contribution is 5.94. The van der Waals surface area contributed by atoms with Crippen molar-refractivity contribution in [1.82, 2.24) is 33.8 Å². The van der Waals surface area contributed by atoms with E-state index in [1.165, 1.54) is 35.7 Å². The van der Waals surface area contributed by atoms with Crippen LogP contribution in [0.5, 0.6) is 0 Å². The maximum atomic E-state index is 12.8. The normalized spacial score (nSPS) is 13.1. The highest BCUT2D eigenvalue weighted by atomic mass is 16.2. The van der Waals surface area contributed by atoms with Gasteiger partial charge in [-0.1, -0.05) is 0 Å². The first-order valence-corrected chi connectivity index (χ1v) is 8.61. The number of pyridine rings is 1. The van der Waals surface area contributed by atoms with Crippen LogP contribution in [0.15, 0.2) is 21.7 Å². The van der Waals surface area contributed by atoms with Gasteiger partial charge in [-0.05, 0) is 18.6 Å². The summed E-state index contributed by atoms with van der Waals surface area (Å²) in [5, 5.41) is 8.59. The van der Waals surface area contributed by atoms with E-state index in [0.29, 0.717) is 6.54 Å². The summed E-state index contributed by atoms with van der Waals surface area (Å²) in [4.78, 5) is 42.9. The Labute approximate surface area is 153 Å². The lowest BCUT2D eigenvalue weighted by atomic mass is 10.2. The second-order valence-corrected chi connectivity index (χ2v) is 6.72. The number of rotatable bonds is 3. The number of hydrogen-bond acceptors (Lipinski definition) is 6. The quantitative estimate of drug-likeness (QED) is 0.613. The zero-order valence-corrected chi connectivity index (χ0v) is 15.3. The van der Waals surface area contributed by atoms with Gasteiger partial charge in [-0.2, -0.15) is 0 Å². The first-order chi connectivity index (χ1) is 12.9. The van der Waals surface area contributed by atoms with E-state index in [4.69, 9.17) is 0 Å². The Bertz CT molecular complexity index is 1190. The zero-order chi connectivity index (χ0) is 19.3. The van der Waals surface area contributed by atoms with Crippen molar-refractivity contribution >= 4 is 16.9 Å². The number of hydrogen-bond donors (Lipinski definition) is 0. The van der Waals surface area contributed by atoms with Crippen LogP contribution >= 0.6 is 0 Å². The van der Waals surface area contributed by atoms with Gasteiger partial charge < -0.3 is 9.47 Å². The summed E-state index contributed by atoms with van der Waals surface area (Å²) in [5.74, 6) is 1.36. The highest BCUT2D eigenvalue weighted by Crippen LogP contribution is 2.16. The third-order valence-electron chi connectivity index (χ3n) is 4.93. The van der Waals surface area contributed by atoms with Gasteiger partial charge in [-0.15, -0.1) is 10.2 Å². The smallest absolute Gasteiger partial charge is 0.332 e. The summed E-state index contributed by atoms with van der Waals surface area (Å²) in [6.07, 6.45) is 1.94. The maximum absolute atomic E-state index is 12.8. The number of fused-ring (bicyclic) bond motifs is 2. The van der Waals surface area contributed by atoms with Crippen molar-refractivity contribution in [3.63, 3.8) is 0 Å². The van der Waals surface area contributed by atoms with Gasteiger partial charge in [0.15, 0.2) is 5.82 Å².